The first kappa shape index (κ1) is 18.7. The molecule has 0 atom stereocenters. The molecule has 0 saturated heterocycles. The molecule has 2 amide bonds. The van der Waals surface area contributed by atoms with E-state index in [0.717, 1.165) is 41.4 Å². The molecule has 0 bridgehead atoms. The molecule has 5 heteroatoms. The van der Waals surface area contributed by atoms with Crippen LogP contribution in [-0.4, -0.2) is 29.8 Å². The maximum absolute atomic E-state index is 12.7. The molecule has 0 fully saturated rings. The Hall–Kier alpha value is -1.36. The number of hydrogen-bond donors (Lipinski definition) is 1. The van der Waals surface area contributed by atoms with Gasteiger partial charge in [0.2, 0.25) is 5.91 Å². The minimum Gasteiger partial charge on any atom is -0.338 e. The number of hydrogen-bond acceptors (Lipinski definition) is 3. The smallest absolute Gasteiger partial charge is 0.264 e. The summed E-state index contributed by atoms with van der Waals surface area (Å²) < 4.78 is 0. The summed E-state index contributed by atoms with van der Waals surface area (Å²) in [7, 11) is 0. The third-order valence-electron chi connectivity index (χ3n) is 3.30. The van der Waals surface area contributed by atoms with E-state index in [1.165, 1.54) is 11.3 Å². The number of amides is 2. The quantitative estimate of drug-likeness (QED) is 0.848. The third-order valence-corrected chi connectivity index (χ3v) is 4.44. The lowest BCUT2D eigenvalue weighted by molar-refractivity contribution is -0.123. The molecule has 0 spiro atoms. The maximum atomic E-state index is 12.7. The SMILES string of the molecule is CCCN(CCC)C(=O)c1sc(NC(=O)C(C)(C)C)cc1C. The number of aryl methyl sites for hydroxylation is 1. The molecular weight excluding hydrogens is 296 g/mol. The minimum atomic E-state index is -0.446. The fourth-order valence-corrected chi connectivity index (χ4v) is 3.09. The van der Waals surface area contributed by atoms with Crippen LogP contribution in [0.5, 0.6) is 0 Å². The van der Waals surface area contributed by atoms with E-state index >= 15 is 0 Å². The Morgan fingerprint density at radius 2 is 1.73 bits per heavy atom. The fraction of sp³-hybridized carbons (Fsp3) is 0.647. The largest absolute Gasteiger partial charge is 0.338 e. The van der Waals surface area contributed by atoms with Crippen molar-refractivity contribution < 1.29 is 9.59 Å². The van der Waals surface area contributed by atoms with Gasteiger partial charge in [0.25, 0.3) is 5.91 Å². The van der Waals surface area contributed by atoms with E-state index in [4.69, 9.17) is 0 Å². The van der Waals surface area contributed by atoms with E-state index in [1.807, 2.05) is 38.7 Å². The number of nitrogens with zero attached hydrogens (tertiary/aromatic N) is 1. The van der Waals surface area contributed by atoms with Gasteiger partial charge in [-0.2, -0.15) is 0 Å². The predicted octanol–water partition coefficient (Wildman–Crippen LogP) is 4.30. The van der Waals surface area contributed by atoms with E-state index in [9.17, 15) is 9.59 Å². The van der Waals surface area contributed by atoms with Crippen LogP contribution < -0.4 is 5.32 Å². The van der Waals surface area contributed by atoms with Gasteiger partial charge in [-0.3, -0.25) is 9.59 Å². The van der Waals surface area contributed by atoms with Crippen LogP contribution in [-0.2, 0) is 4.79 Å². The van der Waals surface area contributed by atoms with Gasteiger partial charge in [-0.05, 0) is 31.4 Å². The third kappa shape index (κ3) is 4.83. The fourth-order valence-electron chi connectivity index (χ4n) is 2.05. The standard InChI is InChI=1S/C17H28N2O2S/c1-7-9-19(10-8-2)15(20)14-12(3)11-13(22-14)18-16(21)17(4,5)6/h11H,7-10H2,1-6H3,(H,18,21). The van der Waals surface area contributed by atoms with Crippen molar-refractivity contribution in [3.63, 3.8) is 0 Å². The predicted molar refractivity (Wildman–Crippen MR) is 93.6 cm³/mol. The summed E-state index contributed by atoms with van der Waals surface area (Å²) >= 11 is 1.37. The molecule has 0 unspecified atom stereocenters. The molecule has 1 N–H and O–H groups in total. The topological polar surface area (TPSA) is 49.4 Å². The molecule has 4 nitrogen and oxygen atoms in total. The second-order valence-corrected chi connectivity index (χ2v) is 7.67. The van der Waals surface area contributed by atoms with Crippen molar-refractivity contribution in [1.29, 1.82) is 0 Å². The monoisotopic (exact) mass is 324 g/mol. The first-order valence-corrected chi connectivity index (χ1v) is 8.73. The molecule has 1 aromatic rings. The van der Waals surface area contributed by atoms with Crippen molar-refractivity contribution in [2.45, 2.75) is 54.4 Å². The van der Waals surface area contributed by atoms with E-state index in [-0.39, 0.29) is 11.8 Å². The Kier molecular flexibility index (Phi) is 6.60. The lowest BCUT2D eigenvalue weighted by Gasteiger charge is -2.21. The summed E-state index contributed by atoms with van der Waals surface area (Å²) in [5.74, 6) is 0.0363. The number of carbonyl (C=O) groups excluding carboxylic acids is 2. The highest BCUT2D eigenvalue weighted by Crippen LogP contribution is 2.29. The summed E-state index contributed by atoms with van der Waals surface area (Å²) in [5, 5.41) is 3.65. The molecule has 0 radical (unpaired) electrons. The molecule has 22 heavy (non-hydrogen) atoms. The van der Waals surface area contributed by atoms with Gasteiger partial charge in [0, 0.05) is 18.5 Å². The Morgan fingerprint density at radius 3 is 2.18 bits per heavy atom. The number of thiophene rings is 1. The molecule has 1 heterocycles. The summed E-state index contributed by atoms with van der Waals surface area (Å²) in [4.78, 5) is 27.4. The Bertz CT molecular complexity index is 523. The second-order valence-electron chi connectivity index (χ2n) is 6.62. The van der Waals surface area contributed by atoms with Gasteiger partial charge in [0.05, 0.1) is 9.88 Å². The van der Waals surface area contributed by atoms with Crippen LogP contribution in [0.3, 0.4) is 0 Å². The minimum absolute atomic E-state index is 0.0354. The molecule has 0 saturated carbocycles. The normalized spacial score (nSPS) is 11.4. The Balaban J connectivity index is 2.93. The lowest BCUT2D eigenvalue weighted by atomic mass is 9.96. The molecule has 0 aliphatic carbocycles. The van der Waals surface area contributed by atoms with Gasteiger partial charge in [-0.1, -0.05) is 34.6 Å². The van der Waals surface area contributed by atoms with Gasteiger partial charge >= 0.3 is 0 Å². The van der Waals surface area contributed by atoms with E-state index in [0.29, 0.717) is 0 Å². The van der Waals surface area contributed by atoms with Crippen LogP contribution in [0.2, 0.25) is 0 Å². The van der Waals surface area contributed by atoms with Gasteiger partial charge in [0.15, 0.2) is 0 Å². The van der Waals surface area contributed by atoms with Crippen LogP contribution >= 0.6 is 11.3 Å². The summed E-state index contributed by atoms with van der Waals surface area (Å²) in [6, 6.07) is 1.89. The molecule has 0 aliphatic heterocycles. The number of rotatable bonds is 6. The highest BCUT2D eigenvalue weighted by molar-refractivity contribution is 7.18. The zero-order valence-electron chi connectivity index (χ0n) is 14.6. The van der Waals surface area contributed by atoms with Crippen molar-refractivity contribution in [2.75, 3.05) is 18.4 Å². The highest BCUT2D eigenvalue weighted by atomic mass is 32.1. The van der Waals surface area contributed by atoms with Crippen LogP contribution in [0, 0.1) is 12.3 Å². The summed E-state index contributed by atoms with van der Waals surface area (Å²) in [5.41, 5.74) is 0.481. The van der Waals surface area contributed by atoms with Crippen LogP contribution in [0.1, 0.15) is 62.7 Å². The van der Waals surface area contributed by atoms with Crippen LogP contribution in [0.25, 0.3) is 0 Å². The van der Waals surface area contributed by atoms with Crippen molar-refractivity contribution >= 4 is 28.2 Å². The number of nitrogens with one attached hydrogen (secondary N) is 1. The maximum Gasteiger partial charge on any atom is 0.264 e. The molecule has 0 aromatic carbocycles. The first-order chi connectivity index (χ1) is 10.2. The lowest BCUT2D eigenvalue weighted by Crippen LogP contribution is -2.32. The Morgan fingerprint density at radius 1 is 1.18 bits per heavy atom. The zero-order valence-corrected chi connectivity index (χ0v) is 15.4. The van der Waals surface area contributed by atoms with Crippen molar-refractivity contribution in [2.24, 2.45) is 5.41 Å². The van der Waals surface area contributed by atoms with Gasteiger partial charge in [0.1, 0.15) is 0 Å². The summed E-state index contributed by atoms with van der Waals surface area (Å²) in [6.45, 7) is 13.2. The highest BCUT2D eigenvalue weighted by Gasteiger charge is 2.24. The first-order valence-electron chi connectivity index (χ1n) is 7.91. The summed E-state index contributed by atoms with van der Waals surface area (Å²) in [6.07, 6.45) is 1.90. The van der Waals surface area contributed by atoms with Crippen LogP contribution in [0.4, 0.5) is 5.00 Å². The van der Waals surface area contributed by atoms with Crippen molar-refractivity contribution in [3.8, 4) is 0 Å². The van der Waals surface area contributed by atoms with Crippen molar-refractivity contribution in [3.05, 3.63) is 16.5 Å². The molecule has 1 rings (SSSR count). The van der Waals surface area contributed by atoms with Gasteiger partial charge in [-0.15, -0.1) is 11.3 Å². The molecule has 1 aromatic heterocycles. The average Bonchev–Trinajstić information content (AvgIpc) is 2.77. The van der Waals surface area contributed by atoms with Gasteiger partial charge < -0.3 is 10.2 Å². The van der Waals surface area contributed by atoms with E-state index in [2.05, 4.69) is 19.2 Å². The average molecular weight is 324 g/mol. The molecule has 0 aliphatic rings. The van der Waals surface area contributed by atoms with Crippen molar-refractivity contribution in [1.82, 2.24) is 4.90 Å². The van der Waals surface area contributed by atoms with E-state index in [1.54, 1.807) is 0 Å². The second kappa shape index (κ2) is 7.77. The van der Waals surface area contributed by atoms with Crippen LogP contribution in [0.15, 0.2) is 6.07 Å². The zero-order chi connectivity index (χ0) is 16.9. The molecular formula is C17H28N2O2S. The number of anilines is 1. The Labute approximate surface area is 137 Å². The van der Waals surface area contributed by atoms with Gasteiger partial charge in [-0.25, -0.2) is 0 Å². The molecule has 124 valence electrons. The number of carbonyl (C=O) groups is 2. The van der Waals surface area contributed by atoms with E-state index < -0.39 is 5.41 Å².